The van der Waals surface area contributed by atoms with Gasteiger partial charge in [0.15, 0.2) is 0 Å². The summed E-state index contributed by atoms with van der Waals surface area (Å²) >= 11 is 0. The number of halogens is 1. The van der Waals surface area contributed by atoms with Gasteiger partial charge in [-0.05, 0) is 45.4 Å². The molecular formula is C17H21FN6. The third-order valence-electron chi connectivity index (χ3n) is 3.42. The van der Waals surface area contributed by atoms with Crippen molar-refractivity contribution in [3.63, 3.8) is 0 Å². The van der Waals surface area contributed by atoms with Crippen molar-refractivity contribution in [1.29, 1.82) is 5.26 Å². The van der Waals surface area contributed by atoms with E-state index in [1.54, 1.807) is 23.0 Å². The van der Waals surface area contributed by atoms with Crippen LogP contribution in [0.15, 0.2) is 40.8 Å². The number of rotatable bonds is 6. The molecule has 2 rings (SSSR count). The van der Waals surface area contributed by atoms with Gasteiger partial charge in [0.25, 0.3) is 0 Å². The van der Waals surface area contributed by atoms with Gasteiger partial charge in [0.1, 0.15) is 17.4 Å². The standard InChI is InChI=1S/C17H21FN6/c1-12(2)24(13(3)4)22-20-17-15(9-19)11-23(21-17)10-14-5-7-16(18)8-6-14/h5-8,11-13H,10H2,1-4H3. The van der Waals surface area contributed by atoms with Gasteiger partial charge in [0.2, 0.25) is 5.82 Å². The second-order valence-corrected chi connectivity index (χ2v) is 6.06. The summed E-state index contributed by atoms with van der Waals surface area (Å²) < 4.78 is 14.6. The first-order valence-electron chi connectivity index (χ1n) is 7.82. The van der Waals surface area contributed by atoms with E-state index in [-0.39, 0.29) is 23.7 Å². The van der Waals surface area contributed by atoms with Crippen molar-refractivity contribution < 1.29 is 4.39 Å². The molecule has 0 fully saturated rings. The first-order chi connectivity index (χ1) is 11.4. The fraction of sp³-hybridized carbons (Fsp3) is 0.412. The molecule has 1 aromatic carbocycles. The lowest BCUT2D eigenvalue weighted by molar-refractivity contribution is 0.169. The van der Waals surface area contributed by atoms with Gasteiger partial charge in [-0.2, -0.15) is 5.26 Å². The minimum Gasteiger partial charge on any atom is -0.273 e. The summed E-state index contributed by atoms with van der Waals surface area (Å²) in [6.07, 6.45) is 1.62. The van der Waals surface area contributed by atoms with Gasteiger partial charge in [-0.25, -0.2) is 4.39 Å². The Morgan fingerprint density at radius 2 is 1.83 bits per heavy atom. The van der Waals surface area contributed by atoms with Crippen LogP contribution in [-0.2, 0) is 6.54 Å². The van der Waals surface area contributed by atoms with Gasteiger partial charge in [-0.1, -0.05) is 17.4 Å². The smallest absolute Gasteiger partial charge is 0.215 e. The van der Waals surface area contributed by atoms with Gasteiger partial charge < -0.3 is 0 Å². The third kappa shape index (κ3) is 4.38. The van der Waals surface area contributed by atoms with E-state index >= 15 is 0 Å². The van der Waals surface area contributed by atoms with Crippen LogP contribution in [0.2, 0.25) is 0 Å². The molecule has 0 bridgehead atoms. The van der Waals surface area contributed by atoms with Gasteiger partial charge in [0, 0.05) is 18.3 Å². The van der Waals surface area contributed by atoms with Crippen molar-refractivity contribution in [2.24, 2.45) is 10.3 Å². The van der Waals surface area contributed by atoms with Crippen LogP contribution in [0.4, 0.5) is 10.2 Å². The van der Waals surface area contributed by atoms with Gasteiger partial charge in [-0.3, -0.25) is 9.69 Å². The maximum Gasteiger partial charge on any atom is 0.215 e. The number of nitriles is 1. The molecule has 1 heterocycles. The highest BCUT2D eigenvalue weighted by Crippen LogP contribution is 2.19. The molecule has 0 aliphatic rings. The second-order valence-electron chi connectivity index (χ2n) is 6.06. The van der Waals surface area contributed by atoms with E-state index in [9.17, 15) is 9.65 Å². The van der Waals surface area contributed by atoms with Crippen LogP contribution in [0.1, 0.15) is 38.8 Å². The Morgan fingerprint density at radius 3 is 2.38 bits per heavy atom. The summed E-state index contributed by atoms with van der Waals surface area (Å²) in [4.78, 5) is 0. The highest BCUT2D eigenvalue weighted by molar-refractivity contribution is 5.45. The van der Waals surface area contributed by atoms with Crippen molar-refractivity contribution in [2.45, 2.75) is 46.3 Å². The molecule has 0 spiro atoms. The molecule has 126 valence electrons. The molecule has 6 nitrogen and oxygen atoms in total. The highest BCUT2D eigenvalue weighted by atomic mass is 19.1. The lowest BCUT2D eigenvalue weighted by Gasteiger charge is -2.25. The molecule has 0 aliphatic carbocycles. The predicted molar refractivity (Wildman–Crippen MR) is 89.1 cm³/mol. The van der Waals surface area contributed by atoms with Crippen LogP contribution in [0, 0.1) is 17.1 Å². The summed E-state index contributed by atoms with van der Waals surface area (Å²) in [6.45, 7) is 8.53. The van der Waals surface area contributed by atoms with Crippen LogP contribution in [0.5, 0.6) is 0 Å². The van der Waals surface area contributed by atoms with Crippen molar-refractivity contribution in [3.8, 4) is 6.07 Å². The first kappa shape index (κ1) is 17.6. The van der Waals surface area contributed by atoms with Crippen molar-refractivity contribution in [2.75, 3.05) is 0 Å². The average molecular weight is 328 g/mol. The molecule has 7 heteroatoms. The van der Waals surface area contributed by atoms with E-state index in [0.29, 0.717) is 12.1 Å². The second kappa shape index (κ2) is 7.68. The first-order valence-corrected chi connectivity index (χ1v) is 7.82. The Morgan fingerprint density at radius 1 is 1.21 bits per heavy atom. The van der Waals surface area contributed by atoms with Crippen LogP contribution in [-0.4, -0.2) is 26.9 Å². The van der Waals surface area contributed by atoms with E-state index in [4.69, 9.17) is 0 Å². The van der Waals surface area contributed by atoms with E-state index in [1.165, 1.54) is 12.1 Å². The fourth-order valence-electron chi connectivity index (χ4n) is 2.32. The lowest BCUT2D eigenvalue weighted by atomic mass is 10.2. The Bertz CT molecular complexity index is 731. The molecule has 0 saturated heterocycles. The predicted octanol–water partition coefficient (Wildman–Crippen LogP) is 4.06. The highest BCUT2D eigenvalue weighted by Gasteiger charge is 2.13. The molecule has 0 aliphatic heterocycles. The minimum atomic E-state index is -0.283. The molecule has 1 aromatic heterocycles. The maximum atomic E-state index is 13.0. The Balaban J connectivity index is 2.21. The number of hydrogen-bond acceptors (Lipinski definition) is 4. The van der Waals surface area contributed by atoms with Crippen molar-refractivity contribution in [1.82, 2.24) is 14.8 Å². The van der Waals surface area contributed by atoms with Crippen LogP contribution >= 0.6 is 0 Å². The van der Waals surface area contributed by atoms with E-state index in [2.05, 4.69) is 21.5 Å². The normalized spacial score (nSPS) is 11.4. The van der Waals surface area contributed by atoms with Gasteiger partial charge in [-0.15, -0.1) is 10.2 Å². The van der Waals surface area contributed by atoms with Crippen LogP contribution in [0.3, 0.4) is 0 Å². The molecule has 0 radical (unpaired) electrons. The van der Waals surface area contributed by atoms with Crippen molar-refractivity contribution in [3.05, 3.63) is 47.4 Å². The molecule has 0 unspecified atom stereocenters. The van der Waals surface area contributed by atoms with Crippen LogP contribution < -0.4 is 0 Å². The Labute approximate surface area is 141 Å². The summed E-state index contributed by atoms with van der Waals surface area (Å²) in [5.74, 6) is -0.000192. The van der Waals surface area contributed by atoms with Gasteiger partial charge in [0.05, 0.1) is 6.54 Å². The zero-order valence-electron chi connectivity index (χ0n) is 14.3. The van der Waals surface area contributed by atoms with E-state index in [0.717, 1.165) is 5.56 Å². The molecule has 0 N–H and O–H groups in total. The molecule has 0 atom stereocenters. The molecular weight excluding hydrogens is 307 g/mol. The number of hydrogen-bond donors (Lipinski definition) is 0. The van der Waals surface area contributed by atoms with E-state index < -0.39 is 0 Å². The van der Waals surface area contributed by atoms with Gasteiger partial charge >= 0.3 is 0 Å². The number of benzene rings is 1. The quantitative estimate of drug-likeness (QED) is 0.593. The molecule has 24 heavy (non-hydrogen) atoms. The molecule has 0 saturated carbocycles. The molecule has 2 aromatic rings. The fourth-order valence-corrected chi connectivity index (χ4v) is 2.32. The third-order valence-corrected chi connectivity index (χ3v) is 3.42. The summed E-state index contributed by atoms with van der Waals surface area (Å²) in [7, 11) is 0. The summed E-state index contributed by atoms with van der Waals surface area (Å²) in [5.41, 5.74) is 1.24. The Kier molecular flexibility index (Phi) is 5.64. The average Bonchev–Trinajstić information content (AvgIpc) is 2.91. The molecule has 0 amide bonds. The minimum absolute atomic E-state index is 0.195. The monoisotopic (exact) mass is 328 g/mol. The zero-order chi connectivity index (χ0) is 17.7. The summed E-state index contributed by atoms with van der Waals surface area (Å²) in [5, 5.41) is 23.7. The maximum absolute atomic E-state index is 13.0. The Hall–Kier alpha value is -2.75. The topological polar surface area (TPSA) is 69.6 Å². The van der Waals surface area contributed by atoms with Crippen molar-refractivity contribution >= 4 is 5.82 Å². The number of nitrogens with zero attached hydrogens (tertiary/aromatic N) is 6. The van der Waals surface area contributed by atoms with E-state index in [1.807, 2.05) is 32.7 Å². The largest absolute Gasteiger partial charge is 0.273 e. The zero-order valence-corrected chi connectivity index (χ0v) is 14.3. The number of aromatic nitrogens is 2. The lowest BCUT2D eigenvalue weighted by Crippen LogP contribution is -2.31. The van der Waals surface area contributed by atoms with Crippen LogP contribution in [0.25, 0.3) is 0 Å². The SMILES string of the molecule is CC(C)N(N=Nc1nn(Cc2ccc(F)cc2)cc1C#N)C(C)C. The summed E-state index contributed by atoms with van der Waals surface area (Å²) in [6, 6.07) is 8.63.